The van der Waals surface area contributed by atoms with Gasteiger partial charge in [-0.2, -0.15) is 0 Å². The molecule has 5 aliphatic rings. The summed E-state index contributed by atoms with van der Waals surface area (Å²) in [7, 11) is 0. The van der Waals surface area contributed by atoms with E-state index in [9.17, 15) is 0 Å². The van der Waals surface area contributed by atoms with Crippen LogP contribution in [0.15, 0.2) is 0 Å². The fraction of sp³-hybridized carbons (Fsp3) is 1.00. The molecule has 0 amide bonds. The Kier molecular flexibility index (Phi) is 2.80. The van der Waals surface area contributed by atoms with Crippen LogP contribution in [0.2, 0.25) is 0 Å². The van der Waals surface area contributed by atoms with Gasteiger partial charge in [-0.1, -0.05) is 0 Å². The average molecular weight is 263 g/mol. The van der Waals surface area contributed by atoms with E-state index >= 15 is 0 Å². The predicted octanol–water partition coefficient (Wildman–Crippen LogP) is 3.35. The molecule has 1 aliphatic heterocycles. The Balaban J connectivity index is 1.72. The van der Waals surface area contributed by atoms with Gasteiger partial charge in [-0.25, -0.2) is 0 Å². The third-order valence-electron chi connectivity index (χ3n) is 7.35. The molecule has 4 bridgehead atoms. The fourth-order valence-electron chi connectivity index (χ4n) is 6.92. The second-order valence-electron chi connectivity index (χ2n) is 8.26. The molecule has 5 rings (SSSR count). The standard InChI is InChI=1S/C17H29NO/c1-12(18)17(2-4-19-5-3-17)16-9-13-6-14(10-16)8-15(7-13)11-16/h12-15H,2-11,18H2,1H3. The topological polar surface area (TPSA) is 35.2 Å². The van der Waals surface area contributed by atoms with Crippen LogP contribution in [0.3, 0.4) is 0 Å². The second-order valence-corrected chi connectivity index (χ2v) is 8.26. The van der Waals surface area contributed by atoms with Crippen LogP contribution in [0, 0.1) is 28.6 Å². The zero-order chi connectivity index (χ0) is 13.1. The monoisotopic (exact) mass is 263 g/mol. The number of ether oxygens (including phenoxy) is 1. The first kappa shape index (κ1) is 12.6. The van der Waals surface area contributed by atoms with Gasteiger partial charge in [0.25, 0.3) is 0 Å². The van der Waals surface area contributed by atoms with E-state index in [1.807, 2.05) is 0 Å². The molecule has 19 heavy (non-hydrogen) atoms. The molecule has 2 heteroatoms. The van der Waals surface area contributed by atoms with Gasteiger partial charge in [0.2, 0.25) is 0 Å². The molecule has 1 heterocycles. The Labute approximate surface area is 117 Å². The van der Waals surface area contributed by atoms with Crippen LogP contribution in [0.5, 0.6) is 0 Å². The molecule has 108 valence electrons. The summed E-state index contributed by atoms with van der Waals surface area (Å²) in [6.07, 6.45) is 11.5. The summed E-state index contributed by atoms with van der Waals surface area (Å²) >= 11 is 0. The van der Waals surface area contributed by atoms with Crippen molar-refractivity contribution in [3.63, 3.8) is 0 Å². The van der Waals surface area contributed by atoms with E-state index in [0.717, 1.165) is 31.0 Å². The highest BCUT2D eigenvalue weighted by Gasteiger charge is 2.61. The maximum absolute atomic E-state index is 6.57. The third kappa shape index (κ3) is 1.68. The second kappa shape index (κ2) is 4.21. The van der Waals surface area contributed by atoms with Crippen LogP contribution >= 0.6 is 0 Å². The summed E-state index contributed by atoms with van der Waals surface area (Å²) in [5.41, 5.74) is 7.54. The summed E-state index contributed by atoms with van der Waals surface area (Å²) in [4.78, 5) is 0. The minimum absolute atomic E-state index is 0.340. The molecule has 5 fully saturated rings. The van der Waals surface area contributed by atoms with E-state index in [0.29, 0.717) is 16.9 Å². The minimum Gasteiger partial charge on any atom is -0.381 e. The highest BCUT2D eigenvalue weighted by molar-refractivity contribution is 5.11. The van der Waals surface area contributed by atoms with Crippen molar-refractivity contribution in [1.82, 2.24) is 0 Å². The Morgan fingerprint density at radius 1 is 0.947 bits per heavy atom. The van der Waals surface area contributed by atoms with Gasteiger partial charge in [0.1, 0.15) is 0 Å². The molecule has 0 aromatic carbocycles. The van der Waals surface area contributed by atoms with Gasteiger partial charge in [0.15, 0.2) is 0 Å². The first-order chi connectivity index (χ1) is 9.14. The van der Waals surface area contributed by atoms with E-state index in [1.54, 1.807) is 0 Å². The smallest absolute Gasteiger partial charge is 0.0472 e. The van der Waals surface area contributed by atoms with Gasteiger partial charge in [0.05, 0.1) is 0 Å². The molecule has 1 unspecified atom stereocenters. The van der Waals surface area contributed by atoms with Crippen LogP contribution in [0.4, 0.5) is 0 Å². The number of rotatable bonds is 2. The molecule has 0 aromatic rings. The van der Waals surface area contributed by atoms with Crippen molar-refractivity contribution >= 4 is 0 Å². The van der Waals surface area contributed by atoms with Crippen LogP contribution < -0.4 is 5.73 Å². The lowest BCUT2D eigenvalue weighted by Gasteiger charge is -2.66. The summed E-state index contributed by atoms with van der Waals surface area (Å²) < 4.78 is 5.68. The lowest BCUT2D eigenvalue weighted by atomic mass is 9.40. The molecule has 2 nitrogen and oxygen atoms in total. The summed E-state index contributed by atoms with van der Waals surface area (Å²) in [6.45, 7) is 4.18. The normalized spacial score (nSPS) is 49.3. The number of hydrogen-bond acceptors (Lipinski definition) is 2. The van der Waals surface area contributed by atoms with Gasteiger partial charge >= 0.3 is 0 Å². The van der Waals surface area contributed by atoms with Gasteiger partial charge < -0.3 is 10.5 Å². The van der Waals surface area contributed by atoms with Crippen molar-refractivity contribution in [2.75, 3.05) is 13.2 Å². The van der Waals surface area contributed by atoms with Crippen molar-refractivity contribution in [1.29, 1.82) is 0 Å². The third-order valence-corrected chi connectivity index (χ3v) is 7.35. The van der Waals surface area contributed by atoms with Gasteiger partial charge in [-0.15, -0.1) is 0 Å². The van der Waals surface area contributed by atoms with E-state index in [2.05, 4.69) is 6.92 Å². The van der Waals surface area contributed by atoms with Crippen LogP contribution in [0.1, 0.15) is 58.3 Å². The van der Waals surface area contributed by atoms with E-state index < -0.39 is 0 Å². The Morgan fingerprint density at radius 2 is 1.42 bits per heavy atom. The molecule has 0 spiro atoms. The molecule has 0 aromatic heterocycles. The molecular weight excluding hydrogens is 234 g/mol. The fourth-order valence-corrected chi connectivity index (χ4v) is 6.92. The zero-order valence-corrected chi connectivity index (χ0v) is 12.4. The number of nitrogens with two attached hydrogens (primary N) is 1. The van der Waals surface area contributed by atoms with Crippen LogP contribution in [-0.2, 0) is 4.74 Å². The van der Waals surface area contributed by atoms with Gasteiger partial charge in [-0.05, 0) is 86.9 Å². The van der Waals surface area contributed by atoms with Crippen LogP contribution in [0.25, 0.3) is 0 Å². The largest absolute Gasteiger partial charge is 0.381 e. The van der Waals surface area contributed by atoms with E-state index in [1.165, 1.54) is 51.4 Å². The molecule has 2 N–H and O–H groups in total. The highest BCUT2D eigenvalue weighted by atomic mass is 16.5. The maximum atomic E-state index is 6.57. The van der Waals surface area contributed by atoms with Crippen molar-refractivity contribution in [2.24, 2.45) is 34.3 Å². The molecular formula is C17H29NO. The Hall–Kier alpha value is -0.0800. The molecule has 4 saturated carbocycles. The van der Waals surface area contributed by atoms with Crippen molar-refractivity contribution < 1.29 is 4.74 Å². The van der Waals surface area contributed by atoms with E-state index in [-0.39, 0.29) is 0 Å². The average Bonchev–Trinajstić information content (AvgIpc) is 2.37. The molecule has 1 saturated heterocycles. The first-order valence-corrected chi connectivity index (χ1v) is 8.47. The lowest BCUT2D eigenvalue weighted by Crippen LogP contribution is -2.61. The Morgan fingerprint density at radius 3 is 1.84 bits per heavy atom. The first-order valence-electron chi connectivity index (χ1n) is 8.47. The van der Waals surface area contributed by atoms with Gasteiger partial charge in [0, 0.05) is 19.3 Å². The van der Waals surface area contributed by atoms with Crippen molar-refractivity contribution in [3.8, 4) is 0 Å². The van der Waals surface area contributed by atoms with Crippen LogP contribution in [-0.4, -0.2) is 19.3 Å². The quantitative estimate of drug-likeness (QED) is 0.829. The molecule has 0 radical (unpaired) electrons. The Bertz CT molecular complexity index is 321. The van der Waals surface area contributed by atoms with Crippen molar-refractivity contribution in [2.45, 2.75) is 64.3 Å². The zero-order valence-electron chi connectivity index (χ0n) is 12.4. The summed E-state index contributed by atoms with van der Waals surface area (Å²) in [5.74, 6) is 3.10. The summed E-state index contributed by atoms with van der Waals surface area (Å²) in [6, 6.07) is 0.340. The molecule has 1 atom stereocenters. The van der Waals surface area contributed by atoms with E-state index in [4.69, 9.17) is 10.5 Å². The number of hydrogen-bond donors (Lipinski definition) is 1. The minimum atomic E-state index is 0.340. The summed E-state index contributed by atoms with van der Waals surface area (Å²) in [5, 5.41) is 0. The highest BCUT2D eigenvalue weighted by Crippen LogP contribution is 2.68. The lowest BCUT2D eigenvalue weighted by molar-refractivity contribution is -0.170. The SMILES string of the molecule is CC(N)C1(C23CC4CC(CC(C4)C2)C3)CCOCC1. The van der Waals surface area contributed by atoms with Gasteiger partial charge in [-0.3, -0.25) is 0 Å². The molecule has 4 aliphatic carbocycles. The van der Waals surface area contributed by atoms with Crippen molar-refractivity contribution in [3.05, 3.63) is 0 Å². The predicted molar refractivity (Wildman–Crippen MR) is 76.7 cm³/mol. The maximum Gasteiger partial charge on any atom is 0.0472 e.